The van der Waals surface area contributed by atoms with E-state index in [1.54, 1.807) is 25.1 Å². The summed E-state index contributed by atoms with van der Waals surface area (Å²) in [5, 5.41) is 14.9. The molecule has 2 unspecified atom stereocenters. The Hall–Kier alpha value is -5.08. The van der Waals surface area contributed by atoms with Gasteiger partial charge in [-0.25, -0.2) is 4.98 Å². The first-order valence-electron chi connectivity index (χ1n) is 14.4. The van der Waals surface area contributed by atoms with Crippen LogP contribution >= 0.6 is 0 Å². The molecule has 0 aliphatic carbocycles. The highest BCUT2D eigenvalue weighted by Crippen LogP contribution is 2.31. The Balaban J connectivity index is 1.81. The second kappa shape index (κ2) is 14.3. The minimum absolute atomic E-state index is 0.153. The number of rotatable bonds is 8. The number of fused-ring (bicyclic) bond motifs is 2. The molecular weight excluding hydrogens is 611 g/mol. The van der Waals surface area contributed by atoms with Crippen LogP contribution in [0.4, 0.5) is 27.6 Å². The number of nitrogens with two attached hydrogens (primary N) is 1. The number of benzene rings is 1. The fraction of sp³-hybridized carbons (Fsp3) is 0.323. The number of hydrogen-bond acceptors (Lipinski definition) is 8. The van der Waals surface area contributed by atoms with Crippen molar-refractivity contribution in [1.82, 2.24) is 25.2 Å². The van der Waals surface area contributed by atoms with Crippen molar-refractivity contribution in [2.24, 2.45) is 11.7 Å². The summed E-state index contributed by atoms with van der Waals surface area (Å²) in [7, 11) is 0. The molecule has 0 spiro atoms. The molecule has 0 saturated heterocycles. The highest BCUT2D eigenvalue weighted by molar-refractivity contribution is 5.95. The van der Waals surface area contributed by atoms with Crippen LogP contribution in [0.5, 0.6) is 0 Å². The molecule has 1 aromatic carbocycles. The molecule has 1 amide bonds. The van der Waals surface area contributed by atoms with Gasteiger partial charge in [-0.3, -0.25) is 19.1 Å². The van der Waals surface area contributed by atoms with Crippen molar-refractivity contribution in [2.75, 3.05) is 5.32 Å². The van der Waals surface area contributed by atoms with E-state index in [0.29, 0.717) is 43.1 Å². The van der Waals surface area contributed by atoms with Crippen molar-refractivity contribution in [3.05, 3.63) is 93.7 Å². The van der Waals surface area contributed by atoms with Crippen LogP contribution < -0.4 is 27.2 Å². The van der Waals surface area contributed by atoms with E-state index in [1.807, 2.05) is 12.2 Å². The Morgan fingerprint density at radius 1 is 1.17 bits per heavy atom. The van der Waals surface area contributed by atoms with Crippen molar-refractivity contribution >= 4 is 23.5 Å². The Morgan fingerprint density at radius 2 is 1.93 bits per heavy atom. The highest BCUT2D eigenvalue weighted by Gasteiger charge is 2.31. The lowest BCUT2D eigenvalue weighted by molar-refractivity contribution is -0.123. The third kappa shape index (κ3) is 7.95. The number of nitrogens with one attached hydrogen (secondary N) is 4. The fourth-order valence-electron chi connectivity index (χ4n) is 4.99. The zero-order valence-electron chi connectivity index (χ0n) is 25.0. The van der Waals surface area contributed by atoms with Gasteiger partial charge in [0.15, 0.2) is 0 Å². The number of pyridine rings is 1. The largest absolute Gasteiger partial charge is 0.432 e. The number of aryl methyl sites for hydroxylation is 1. The zero-order valence-corrected chi connectivity index (χ0v) is 25.0. The van der Waals surface area contributed by atoms with E-state index in [0.717, 1.165) is 11.8 Å². The predicted molar refractivity (Wildman–Crippen MR) is 164 cm³/mol. The second-order valence-corrected chi connectivity index (χ2v) is 10.7. The molecule has 10 nitrogen and oxygen atoms in total. The highest BCUT2D eigenvalue weighted by atomic mass is 19.4. The first kappa shape index (κ1) is 33.8. The van der Waals surface area contributed by atoms with Gasteiger partial charge in [-0.05, 0) is 49.1 Å². The minimum atomic E-state index is -4.73. The average Bonchev–Trinajstić information content (AvgIpc) is 3.02. The maximum absolute atomic E-state index is 13.6. The normalized spacial score (nSPS) is 19.6. The number of nitrogens with zero attached hydrogens (tertiary/aromatic N) is 3. The van der Waals surface area contributed by atoms with Crippen molar-refractivity contribution in [2.45, 2.75) is 58.3 Å². The van der Waals surface area contributed by atoms with Crippen LogP contribution in [0.3, 0.4) is 0 Å². The number of anilines is 1. The van der Waals surface area contributed by atoms with Crippen LogP contribution in [0.2, 0.25) is 0 Å². The van der Waals surface area contributed by atoms with Crippen molar-refractivity contribution in [3.8, 4) is 11.3 Å². The molecule has 3 heterocycles. The molecule has 0 radical (unpaired) electrons. The van der Waals surface area contributed by atoms with Gasteiger partial charge in [0.25, 0.3) is 5.56 Å². The summed E-state index contributed by atoms with van der Waals surface area (Å²) < 4.78 is 67.4. The van der Waals surface area contributed by atoms with E-state index in [4.69, 9.17) is 11.1 Å². The van der Waals surface area contributed by atoms with Crippen molar-refractivity contribution < 1.29 is 26.7 Å². The summed E-state index contributed by atoms with van der Waals surface area (Å²) in [6, 6.07) is 8.49. The van der Waals surface area contributed by atoms with E-state index < -0.39 is 41.8 Å². The van der Waals surface area contributed by atoms with Gasteiger partial charge in [0.2, 0.25) is 5.91 Å². The predicted octanol–water partition coefficient (Wildman–Crippen LogP) is 5.30. The summed E-state index contributed by atoms with van der Waals surface area (Å²) in [4.78, 5) is 35.4. The molecule has 244 valence electrons. The van der Waals surface area contributed by atoms with E-state index in [2.05, 4.69) is 20.6 Å². The summed E-state index contributed by atoms with van der Waals surface area (Å²) in [6.07, 6.45) is 1.17. The third-order valence-corrected chi connectivity index (χ3v) is 7.55. The van der Waals surface area contributed by atoms with E-state index in [1.165, 1.54) is 35.3 Å². The van der Waals surface area contributed by atoms with Crippen molar-refractivity contribution in [1.29, 1.82) is 5.41 Å². The zero-order chi connectivity index (χ0) is 33.6. The summed E-state index contributed by atoms with van der Waals surface area (Å²) in [6.45, 7) is 0.562. The quantitative estimate of drug-likeness (QED) is 0.127. The molecule has 0 saturated carbocycles. The first-order valence-corrected chi connectivity index (χ1v) is 14.4. The van der Waals surface area contributed by atoms with Gasteiger partial charge in [0, 0.05) is 47.4 Å². The lowest BCUT2D eigenvalue weighted by atomic mass is 9.96. The van der Waals surface area contributed by atoms with Gasteiger partial charge < -0.3 is 27.1 Å². The van der Waals surface area contributed by atoms with Gasteiger partial charge in [-0.2, -0.15) is 22.0 Å². The van der Waals surface area contributed by atoms with Gasteiger partial charge >= 0.3 is 12.7 Å². The molecule has 46 heavy (non-hydrogen) atoms. The minimum Gasteiger partial charge on any atom is -0.394 e. The Labute approximate surface area is 261 Å². The maximum Gasteiger partial charge on any atom is 0.432 e. The topological polar surface area (TPSA) is 151 Å². The number of aromatic nitrogens is 3. The summed E-state index contributed by atoms with van der Waals surface area (Å²) in [5.41, 5.74) is 5.20. The molecule has 2 bridgehead atoms. The van der Waals surface area contributed by atoms with Crippen molar-refractivity contribution in [3.63, 3.8) is 0 Å². The molecule has 1 aliphatic heterocycles. The molecule has 3 aromatic rings. The number of hydrogen-bond donors (Lipinski definition) is 5. The lowest BCUT2D eigenvalue weighted by Crippen LogP contribution is -2.33. The van der Waals surface area contributed by atoms with Gasteiger partial charge in [-0.1, -0.05) is 26.3 Å². The Morgan fingerprint density at radius 3 is 2.59 bits per heavy atom. The molecule has 1 aliphatic rings. The van der Waals surface area contributed by atoms with Crippen LogP contribution in [-0.4, -0.2) is 39.4 Å². The van der Waals surface area contributed by atoms with Gasteiger partial charge in [-0.15, -0.1) is 0 Å². The summed E-state index contributed by atoms with van der Waals surface area (Å²) >= 11 is 0. The molecule has 15 heteroatoms. The van der Waals surface area contributed by atoms with Crippen LogP contribution in [0.15, 0.2) is 71.3 Å². The SMILES string of the molecule is CCc1ccc(N/C=C(\N)C(F)(F)F)c(-c2cc(=O)n(C3CCCC(C)C(=O)N/C(C=N)=C(/NC(F)F)c4ccnc3c4)cn2)c1. The number of amides is 1. The maximum atomic E-state index is 13.6. The molecule has 4 rings (SSSR count). The monoisotopic (exact) mass is 644 g/mol. The Kier molecular flexibility index (Phi) is 10.5. The number of halogens is 5. The molecule has 2 aromatic heterocycles. The average molecular weight is 645 g/mol. The van der Waals surface area contributed by atoms with Crippen LogP contribution in [0.25, 0.3) is 17.0 Å². The first-order chi connectivity index (χ1) is 21.8. The Bertz CT molecular complexity index is 1720. The van der Waals surface area contributed by atoms with Crippen LogP contribution in [0.1, 0.15) is 56.0 Å². The third-order valence-electron chi connectivity index (χ3n) is 7.55. The second-order valence-electron chi connectivity index (χ2n) is 10.7. The molecule has 2 atom stereocenters. The standard InChI is InChI=1S/C31H33F5N8O2/c1-3-18-7-8-21(40-15-26(38)31(34,35)36)20(11-18)22-13-27(45)44(16-41-22)25-6-4-5-17(2)29(46)42-24(14-37)28(43-30(32)33)19-9-10-39-23(25)12-19/h7-17,25,30,37,40,43H,3-6,38H2,1-2H3,(H,42,46)/b26-15-,28-24+,37-14?. The molecule has 0 fully saturated rings. The van der Waals surface area contributed by atoms with Crippen LogP contribution in [-0.2, 0) is 11.2 Å². The van der Waals surface area contributed by atoms with Gasteiger partial charge in [0.05, 0.1) is 35.2 Å². The van der Waals surface area contributed by atoms with E-state index in [-0.39, 0.29) is 28.3 Å². The molecular formula is C31H33F5N8O2. The van der Waals surface area contributed by atoms with Crippen LogP contribution in [0, 0.1) is 11.3 Å². The number of allylic oxidation sites excluding steroid dienone is 2. The fourth-order valence-corrected chi connectivity index (χ4v) is 4.99. The smallest absolute Gasteiger partial charge is 0.394 e. The lowest BCUT2D eigenvalue weighted by Gasteiger charge is -2.23. The van der Waals surface area contributed by atoms with Gasteiger partial charge in [0.1, 0.15) is 5.70 Å². The number of carbonyl (C=O) groups is 1. The number of carbonyl (C=O) groups excluding carboxylic acids is 1. The number of alkyl halides is 5. The van der Waals surface area contributed by atoms with E-state index in [9.17, 15) is 31.5 Å². The van der Waals surface area contributed by atoms with E-state index >= 15 is 0 Å². The summed E-state index contributed by atoms with van der Waals surface area (Å²) in [5.74, 6) is -0.990. The molecule has 6 N–H and O–H groups in total.